The van der Waals surface area contributed by atoms with Gasteiger partial charge in [-0.3, -0.25) is 9.59 Å². The number of rotatable bonds is 12. The Morgan fingerprint density at radius 2 is 0.514 bits per heavy atom. The maximum absolute atomic E-state index is 14.0. The molecule has 0 aliphatic rings. The number of hydrogen-bond donors (Lipinski definition) is 0. The van der Waals surface area contributed by atoms with Crippen LogP contribution < -0.4 is 9.80 Å². The van der Waals surface area contributed by atoms with Crippen LogP contribution in [0.15, 0.2) is 279 Å². The number of aromatic nitrogens is 2. The number of carbonyl (C=O) groups excluding carboxylic acids is 2. The van der Waals surface area contributed by atoms with E-state index in [1.165, 1.54) is 0 Å². The molecule has 6 heteroatoms. The SMILES string of the molecule is O=C(c1ccc(C(=O)c2ccc(-n3c4ccccc4c4cc(N(c5ccccc5)c5ccccc5)ccc43)cc2)cc1)c1ccc(-n2c3ccccc3c3cc(N(c4ccccc4)c4ccccc4)ccc32)cc1. The molecule has 0 atom stereocenters. The van der Waals surface area contributed by atoms with Gasteiger partial charge in [-0.1, -0.05) is 133 Å². The minimum atomic E-state index is -0.111. The minimum absolute atomic E-state index is 0.111. The van der Waals surface area contributed by atoms with Crippen molar-refractivity contribution in [3.63, 3.8) is 0 Å². The molecule has 0 aliphatic heterocycles. The number of anilines is 6. The average molecular weight is 951 g/mol. The summed E-state index contributed by atoms with van der Waals surface area (Å²) in [6.45, 7) is 0. The zero-order valence-corrected chi connectivity index (χ0v) is 40.2. The molecule has 2 aromatic heterocycles. The molecule has 13 rings (SSSR count). The number of benzene rings is 11. The van der Waals surface area contributed by atoms with Crippen molar-refractivity contribution in [3.8, 4) is 11.4 Å². The van der Waals surface area contributed by atoms with Crippen molar-refractivity contribution in [2.75, 3.05) is 9.80 Å². The molecule has 0 spiro atoms. The lowest BCUT2D eigenvalue weighted by molar-refractivity contribution is 0.102. The van der Waals surface area contributed by atoms with Gasteiger partial charge in [0.25, 0.3) is 0 Å². The maximum atomic E-state index is 14.0. The van der Waals surface area contributed by atoms with Crippen molar-refractivity contribution in [2.45, 2.75) is 0 Å². The number of nitrogens with zero attached hydrogens (tertiary/aromatic N) is 4. The van der Waals surface area contributed by atoms with Gasteiger partial charge in [0.2, 0.25) is 0 Å². The number of ketones is 2. The summed E-state index contributed by atoms with van der Waals surface area (Å²) in [4.78, 5) is 32.5. The predicted molar refractivity (Wildman–Crippen MR) is 304 cm³/mol. The number of hydrogen-bond acceptors (Lipinski definition) is 4. The van der Waals surface area contributed by atoms with E-state index in [-0.39, 0.29) is 11.6 Å². The Kier molecular flexibility index (Phi) is 11.1. The topological polar surface area (TPSA) is 50.5 Å². The zero-order valence-electron chi connectivity index (χ0n) is 40.2. The summed E-state index contributed by atoms with van der Waals surface area (Å²) in [5.74, 6) is -0.223. The van der Waals surface area contributed by atoms with Gasteiger partial charge in [0.05, 0.1) is 22.1 Å². The molecule has 0 fully saturated rings. The fraction of sp³-hybridized carbons (Fsp3) is 0. The van der Waals surface area contributed by atoms with E-state index in [1.54, 1.807) is 24.3 Å². The van der Waals surface area contributed by atoms with Crippen LogP contribution in [0.25, 0.3) is 55.0 Å². The summed E-state index contributed by atoms with van der Waals surface area (Å²) >= 11 is 0. The van der Waals surface area contributed by atoms with Crippen LogP contribution in [0.3, 0.4) is 0 Å². The largest absolute Gasteiger partial charge is 0.310 e. The Morgan fingerprint density at radius 3 is 0.838 bits per heavy atom. The molecule has 0 aliphatic carbocycles. The van der Waals surface area contributed by atoms with Crippen molar-refractivity contribution in [3.05, 3.63) is 301 Å². The number of para-hydroxylation sites is 6. The predicted octanol–water partition coefficient (Wildman–Crippen LogP) is 17.3. The van der Waals surface area contributed by atoms with Gasteiger partial charge >= 0.3 is 0 Å². The van der Waals surface area contributed by atoms with E-state index in [0.717, 1.165) is 89.1 Å². The van der Waals surface area contributed by atoms with Gasteiger partial charge in [-0.05, 0) is 146 Å². The highest BCUT2D eigenvalue weighted by Crippen LogP contribution is 2.42. The summed E-state index contributed by atoms with van der Waals surface area (Å²) in [7, 11) is 0. The molecule has 74 heavy (non-hydrogen) atoms. The average Bonchev–Trinajstić information content (AvgIpc) is 3.99. The summed E-state index contributed by atoms with van der Waals surface area (Å²) < 4.78 is 4.52. The van der Waals surface area contributed by atoms with Gasteiger partial charge < -0.3 is 18.9 Å². The first-order chi connectivity index (χ1) is 36.6. The first-order valence-corrected chi connectivity index (χ1v) is 24.8. The van der Waals surface area contributed by atoms with Gasteiger partial charge in [0.15, 0.2) is 11.6 Å². The van der Waals surface area contributed by atoms with Gasteiger partial charge in [0, 0.05) is 89.3 Å². The van der Waals surface area contributed by atoms with E-state index in [1.807, 2.05) is 72.8 Å². The second-order valence-electron chi connectivity index (χ2n) is 18.5. The first-order valence-electron chi connectivity index (χ1n) is 24.8. The van der Waals surface area contributed by atoms with E-state index < -0.39 is 0 Å². The fourth-order valence-electron chi connectivity index (χ4n) is 10.6. The highest BCUT2D eigenvalue weighted by atomic mass is 16.1. The van der Waals surface area contributed by atoms with Crippen LogP contribution in [-0.2, 0) is 0 Å². The third-order valence-corrected chi connectivity index (χ3v) is 14.1. The first kappa shape index (κ1) is 43.9. The number of fused-ring (bicyclic) bond motifs is 6. The van der Waals surface area contributed by atoms with Crippen LogP contribution in [0.5, 0.6) is 0 Å². The Hall–Kier alpha value is -10.0. The molecular weight excluding hydrogens is 905 g/mol. The van der Waals surface area contributed by atoms with Crippen LogP contribution in [0.4, 0.5) is 34.1 Å². The van der Waals surface area contributed by atoms with E-state index in [4.69, 9.17) is 0 Å². The van der Waals surface area contributed by atoms with Gasteiger partial charge in [-0.25, -0.2) is 0 Å². The molecule has 0 bridgehead atoms. The zero-order chi connectivity index (χ0) is 49.5. The second-order valence-corrected chi connectivity index (χ2v) is 18.5. The van der Waals surface area contributed by atoms with E-state index in [0.29, 0.717) is 22.3 Å². The van der Waals surface area contributed by atoms with Crippen LogP contribution in [0.1, 0.15) is 31.8 Å². The summed E-state index contributed by atoms with van der Waals surface area (Å²) in [5, 5.41) is 4.55. The van der Waals surface area contributed by atoms with Crippen molar-refractivity contribution in [1.29, 1.82) is 0 Å². The summed E-state index contributed by atoms with van der Waals surface area (Å²) in [6, 6.07) is 94.5. The highest BCUT2D eigenvalue weighted by Gasteiger charge is 2.21. The molecular formula is C68H46N4O2. The van der Waals surface area contributed by atoms with Crippen LogP contribution in [0, 0.1) is 0 Å². The smallest absolute Gasteiger partial charge is 0.193 e. The Labute approximate surface area is 428 Å². The molecule has 13 aromatic rings. The quantitative estimate of drug-likeness (QED) is 0.115. The molecule has 11 aromatic carbocycles. The second kappa shape index (κ2) is 18.6. The summed E-state index contributed by atoms with van der Waals surface area (Å²) in [6.07, 6.45) is 0. The van der Waals surface area contributed by atoms with Gasteiger partial charge in [0.1, 0.15) is 0 Å². The van der Waals surface area contributed by atoms with Crippen molar-refractivity contribution in [2.24, 2.45) is 0 Å². The Balaban J connectivity index is 0.752. The van der Waals surface area contributed by atoms with E-state index in [9.17, 15) is 9.59 Å². The molecule has 0 saturated heterocycles. The molecule has 6 nitrogen and oxygen atoms in total. The van der Waals surface area contributed by atoms with Gasteiger partial charge in [-0.15, -0.1) is 0 Å². The van der Waals surface area contributed by atoms with Crippen LogP contribution in [0.2, 0.25) is 0 Å². The lowest BCUT2D eigenvalue weighted by atomic mass is 9.98. The molecule has 0 radical (unpaired) electrons. The van der Waals surface area contributed by atoms with Crippen LogP contribution >= 0.6 is 0 Å². The van der Waals surface area contributed by atoms with Crippen molar-refractivity contribution < 1.29 is 9.59 Å². The van der Waals surface area contributed by atoms with Crippen molar-refractivity contribution >= 4 is 89.3 Å². The third kappa shape index (κ3) is 7.79. The lowest BCUT2D eigenvalue weighted by Crippen LogP contribution is -2.09. The lowest BCUT2D eigenvalue weighted by Gasteiger charge is -2.25. The minimum Gasteiger partial charge on any atom is -0.310 e. The molecule has 2 heterocycles. The van der Waals surface area contributed by atoms with E-state index in [2.05, 4.69) is 201 Å². The normalized spacial score (nSPS) is 11.4. The molecule has 350 valence electrons. The third-order valence-electron chi connectivity index (χ3n) is 14.1. The highest BCUT2D eigenvalue weighted by molar-refractivity contribution is 6.14. The monoisotopic (exact) mass is 950 g/mol. The molecule has 0 saturated carbocycles. The standard InChI is InChI=1S/C68H46N4O2/c73-67(49-33-37-55(38-34-49)71-63-27-15-13-25-59(63)61-45-57(41-43-65(61)71)69(51-17-5-1-6-18-51)52-19-7-2-8-20-52)47-29-31-48(32-30-47)68(74)50-35-39-56(40-36-50)72-64-28-16-14-26-60(64)62-46-58(42-44-66(62)72)70(53-21-9-3-10-22-53)54-23-11-4-12-24-54/h1-46H. The Morgan fingerprint density at radius 1 is 0.243 bits per heavy atom. The Bertz CT molecular complexity index is 3830. The maximum Gasteiger partial charge on any atom is 0.193 e. The fourth-order valence-corrected chi connectivity index (χ4v) is 10.6. The summed E-state index contributed by atoms with van der Waals surface area (Å²) in [5.41, 5.74) is 14.8. The van der Waals surface area contributed by atoms with Crippen molar-refractivity contribution in [1.82, 2.24) is 9.13 Å². The molecule has 0 unspecified atom stereocenters. The van der Waals surface area contributed by atoms with E-state index >= 15 is 0 Å². The molecule has 0 amide bonds. The molecule has 0 N–H and O–H groups in total. The van der Waals surface area contributed by atoms with Gasteiger partial charge in [-0.2, -0.15) is 0 Å². The van der Waals surface area contributed by atoms with Crippen LogP contribution in [-0.4, -0.2) is 20.7 Å². The number of carbonyl (C=O) groups is 2.